The molecule has 0 aromatic carbocycles. The van der Waals surface area contributed by atoms with E-state index in [1.807, 2.05) is 6.07 Å². The molecule has 0 spiro atoms. The van der Waals surface area contributed by atoms with Gasteiger partial charge in [-0.25, -0.2) is 0 Å². The van der Waals surface area contributed by atoms with Crippen LogP contribution in [0, 0.1) is 5.92 Å². The Morgan fingerprint density at radius 1 is 1.28 bits per heavy atom. The van der Waals surface area contributed by atoms with E-state index in [0.717, 1.165) is 18.9 Å². The molecule has 1 aromatic rings. The second-order valence-electron chi connectivity index (χ2n) is 4.49. The molecule has 1 rings (SSSR count). The number of rotatable bonds is 7. The lowest BCUT2D eigenvalue weighted by Crippen LogP contribution is -2.30. The quantitative estimate of drug-likeness (QED) is 0.809. The summed E-state index contributed by atoms with van der Waals surface area (Å²) in [6.45, 7) is 8.48. The summed E-state index contributed by atoms with van der Waals surface area (Å²) in [5, 5.41) is 0. The molecule has 4 nitrogen and oxygen atoms in total. The van der Waals surface area contributed by atoms with Crippen LogP contribution in [0.2, 0.25) is 0 Å². The molecule has 102 valence electrons. The highest BCUT2D eigenvalue weighted by molar-refractivity contribution is 5.63. The third-order valence-electron chi connectivity index (χ3n) is 3.40. The number of anilines is 2. The Labute approximate surface area is 110 Å². The summed E-state index contributed by atoms with van der Waals surface area (Å²) in [6, 6.07) is 3.65. The Hall–Kier alpha value is -1.45. The van der Waals surface area contributed by atoms with Crippen molar-refractivity contribution in [2.75, 3.05) is 30.8 Å². The lowest BCUT2D eigenvalue weighted by molar-refractivity contribution is 0.397. The van der Waals surface area contributed by atoms with Crippen molar-refractivity contribution in [3.8, 4) is 5.88 Å². The summed E-state index contributed by atoms with van der Waals surface area (Å²) < 4.78 is 5.17. The average Bonchev–Trinajstić information content (AvgIpc) is 2.41. The van der Waals surface area contributed by atoms with E-state index in [2.05, 4.69) is 30.7 Å². The molecule has 4 heteroatoms. The highest BCUT2D eigenvalue weighted by Crippen LogP contribution is 2.25. The first-order valence-electron chi connectivity index (χ1n) is 6.71. The predicted molar refractivity (Wildman–Crippen MR) is 77.2 cm³/mol. The molecule has 1 aromatic heterocycles. The number of hydrogen-bond donors (Lipinski definition) is 1. The number of hydrogen-bond acceptors (Lipinski definition) is 4. The van der Waals surface area contributed by atoms with Crippen molar-refractivity contribution < 1.29 is 4.74 Å². The summed E-state index contributed by atoms with van der Waals surface area (Å²) in [7, 11) is 1.62. The predicted octanol–water partition coefficient (Wildman–Crippen LogP) is 2.93. The smallest absolute Gasteiger partial charge is 0.215 e. The van der Waals surface area contributed by atoms with Gasteiger partial charge in [0.2, 0.25) is 5.88 Å². The highest BCUT2D eigenvalue weighted by Gasteiger charge is 2.15. The van der Waals surface area contributed by atoms with Crippen molar-refractivity contribution in [1.29, 1.82) is 0 Å². The van der Waals surface area contributed by atoms with E-state index in [1.54, 1.807) is 13.2 Å². The molecule has 0 fully saturated rings. The summed E-state index contributed by atoms with van der Waals surface area (Å²) in [6.07, 6.45) is 2.35. The van der Waals surface area contributed by atoms with Gasteiger partial charge in [0.25, 0.3) is 0 Å². The summed E-state index contributed by atoms with van der Waals surface area (Å²) in [5.74, 6) is 2.13. The van der Waals surface area contributed by atoms with Crippen molar-refractivity contribution in [2.24, 2.45) is 5.92 Å². The van der Waals surface area contributed by atoms with Crippen LogP contribution in [0.4, 0.5) is 11.5 Å². The summed E-state index contributed by atoms with van der Waals surface area (Å²) in [5.41, 5.74) is 6.73. The van der Waals surface area contributed by atoms with E-state index < -0.39 is 0 Å². The third kappa shape index (κ3) is 3.52. The SMILES string of the molecule is CCC(CC)CN(CC)c1nc(OC)ccc1N. The van der Waals surface area contributed by atoms with Gasteiger partial charge in [-0.1, -0.05) is 26.7 Å². The van der Waals surface area contributed by atoms with Gasteiger partial charge in [0, 0.05) is 19.2 Å². The first-order valence-corrected chi connectivity index (χ1v) is 6.71. The van der Waals surface area contributed by atoms with Crippen LogP contribution in [0.1, 0.15) is 33.6 Å². The lowest BCUT2D eigenvalue weighted by Gasteiger charge is -2.27. The van der Waals surface area contributed by atoms with Crippen LogP contribution >= 0.6 is 0 Å². The largest absolute Gasteiger partial charge is 0.481 e. The van der Waals surface area contributed by atoms with Gasteiger partial charge in [-0.3, -0.25) is 0 Å². The van der Waals surface area contributed by atoms with Gasteiger partial charge < -0.3 is 15.4 Å². The lowest BCUT2D eigenvalue weighted by atomic mass is 10.0. The maximum atomic E-state index is 6.02. The topological polar surface area (TPSA) is 51.4 Å². The molecule has 0 unspecified atom stereocenters. The van der Waals surface area contributed by atoms with Crippen LogP contribution < -0.4 is 15.4 Å². The van der Waals surface area contributed by atoms with Crippen LogP contribution in [0.5, 0.6) is 5.88 Å². The fourth-order valence-electron chi connectivity index (χ4n) is 2.03. The van der Waals surface area contributed by atoms with Crippen LogP contribution in [0.3, 0.4) is 0 Å². The van der Waals surface area contributed by atoms with Gasteiger partial charge in [0.15, 0.2) is 5.82 Å². The molecule has 2 N–H and O–H groups in total. The molecule has 1 heterocycles. The number of aromatic nitrogens is 1. The van der Waals surface area contributed by atoms with Gasteiger partial charge >= 0.3 is 0 Å². The van der Waals surface area contributed by atoms with Gasteiger partial charge in [-0.15, -0.1) is 0 Å². The minimum absolute atomic E-state index is 0.613. The fraction of sp³-hybridized carbons (Fsp3) is 0.643. The molecular formula is C14H25N3O. The maximum absolute atomic E-state index is 6.02. The van der Waals surface area contributed by atoms with Crippen LogP contribution in [0.15, 0.2) is 12.1 Å². The standard InChI is InChI=1S/C14H25N3O/c1-5-11(6-2)10-17(7-3)14-12(15)8-9-13(16-14)18-4/h8-9,11H,5-7,10,15H2,1-4H3. The molecule has 0 amide bonds. The Balaban J connectivity index is 2.93. The molecular weight excluding hydrogens is 226 g/mol. The van der Waals surface area contributed by atoms with Crippen molar-refractivity contribution >= 4 is 11.5 Å². The Kier molecular flexibility index (Phi) is 5.75. The number of nitrogens with zero attached hydrogens (tertiary/aromatic N) is 2. The van der Waals surface area contributed by atoms with Gasteiger partial charge in [-0.2, -0.15) is 4.98 Å². The molecule has 0 radical (unpaired) electrons. The number of nitrogen functional groups attached to an aromatic ring is 1. The van der Waals surface area contributed by atoms with Gasteiger partial charge in [0.05, 0.1) is 12.8 Å². The van der Waals surface area contributed by atoms with Gasteiger partial charge in [0.1, 0.15) is 0 Å². The van der Waals surface area contributed by atoms with E-state index in [0.29, 0.717) is 17.5 Å². The molecule has 18 heavy (non-hydrogen) atoms. The molecule has 0 aliphatic heterocycles. The van der Waals surface area contributed by atoms with E-state index >= 15 is 0 Å². The Bertz CT molecular complexity index is 364. The molecule has 0 saturated heterocycles. The summed E-state index contributed by atoms with van der Waals surface area (Å²) in [4.78, 5) is 6.69. The maximum Gasteiger partial charge on any atom is 0.215 e. The molecule has 0 aliphatic carbocycles. The van der Waals surface area contributed by atoms with E-state index in [9.17, 15) is 0 Å². The molecule has 0 bridgehead atoms. The van der Waals surface area contributed by atoms with Crippen molar-refractivity contribution in [3.05, 3.63) is 12.1 Å². The van der Waals surface area contributed by atoms with E-state index in [4.69, 9.17) is 10.5 Å². The average molecular weight is 251 g/mol. The van der Waals surface area contributed by atoms with Crippen molar-refractivity contribution in [2.45, 2.75) is 33.6 Å². The Morgan fingerprint density at radius 3 is 2.44 bits per heavy atom. The normalized spacial score (nSPS) is 10.7. The number of methoxy groups -OCH3 is 1. The van der Waals surface area contributed by atoms with Crippen molar-refractivity contribution in [3.63, 3.8) is 0 Å². The second-order valence-corrected chi connectivity index (χ2v) is 4.49. The van der Waals surface area contributed by atoms with Crippen LogP contribution in [-0.2, 0) is 0 Å². The van der Waals surface area contributed by atoms with Crippen molar-refractivity contribution in [1.82, 2.24) is 4.98 Å². The molecule has 0 atom stereocenters. The number of ether oxygens (including phenoxy) is 1. The Morgan fingerprint density at radius 2 is 1.94 bits per heavy atom. The fourth-order valence-corrected chi connectivity index (χ4v) is 2.03. The second kappa shape index (κ2) is 7.09. The van der Waals surface area contributed by atoms with Crippen LogP contribution in [-0.4, -0.2) is 25.2 Å². The first kappa shape index (κ1) is 14.6. The zero-order chi connectivity index (χ0) is 13.5. The molecule has 0 saturated carbocycles. The first-order chi connectivity index (χ1) is 8.65. The van der Waals surface area contributed by atoms with Crippen LogP contribution in [0.25, 0.3) is 0 Å². The van der Waals surface area contributed by atoms with E-state index in [-0.39, 0.29) is 0 Å². The number of pyridine rings is 1. The number of nitrogens with two attached hydrogens (primary N) is 1. The third-order valence-corrected chi connectivity index (χ3v) is 3.40. The zero-order valence-electron chi connectivity index (χ0n) is 11.9. The minimum atomic E-state index is 0.613. The zero-order valence-corrected chi connectivity index (χ0v) is 11.9. The monoisotopic (exact) mass is 251 g/mol. The highest BCUT2D eigenvalue weighted by atomic mass is 16.5. The summed E-state index contributed by atoms with van der Waals surface area (Å²) >= 11 is 0. The van der Waals surface area contributed by atoms with Gasteiger partial charge in [-0.05, 0) is 18.9 Å². The van der Waals surface area contributed by atoms with E-state index in [1.165, 1.54) is 12.8 Å². The minimum Gasteiger partial charge on any atom is -0.481 e. The molecule has 0 aliphatic rings.